The van der Waals surface area contributed by atoms with Crippen molar-refractivity contribution < 1.29 is 29.1 Å². The third-order valence-electron chi connectivity index (χ3n) is 4.62. The Bertz CT molecular complexity index is 863. The molecule has 11 heteroatoms. The molecular formula is C19H21Cl2N3O6. The highest BCUT2D eigenvalue weighted by molar-refractivity contribution is 6.42. The van der Waals surface area contributed by atoms with Crippen LogP contribution in [0, 0.1) is 0 Å². The third-order valence-corrected chi connectivity index (χ3v) is 5.36. The molecule has 0 radical (unpaired) electrons. The Hall–Kier alpha value is -2.65. The lowest BCUT2D eigenvalue weighted by molar-refractivity contribution is -0.141. The van der Waals surface area contributed by atoms with E-state index in [1.54, 1.807) is 0 Å². The zero-order chi connectivity index (χ0) is 22.4. The molecule has 1 aliphatic rings. The number of benzene rings is 1. The van der Waals surface area contributed by atoms with Gasteiger partial charge in [0, 0.05) is 12.1 Å². The van der Waals surface area contributed by atoms with Crippen molar-refractivity contribution in [3.8, 4) is 0 Å². The molecule has 30 heavy (non-hydrogen) atoms. The van der Waals surface area contributed by atoms with Crippen LogP contribution in [0.5, 0.6) is 0 Å². The number of hydrogen-bond acceptors (Lipinski definition) is 5. The average Bonchev–Trinajstić information content (AvgIpc) is 3.18. The van der Waals surface area contributed by atoms with E-state index in [9.17, 15) is 24.0 Å². The zero-order valence-corrected chi connectivity index (χ0v) is 17.6. The lowest BCUT2D eigenvalue weighted by atomic mass is 10.1. The zero-order valence-electron chi connectivity index (χ0n) is 16.1. The number of nitrogens with zero attached hydrogens (tertiary/aromatic N) is 1. The predicted molar refractivity (Wildman–Crippen MR) is 108 cm³/mol. The molecule has 2 rings (SSSR count). The van der Waals surface area contributed by atoms with Crippen LogP contribution >= 0.6 is 23.2 Å². The summed E-state index contributed by atoms with van der Waals surface area (Å²) in [5, 5.41) is 14.2. The van der Waals surface area contributed by atoms with E-state index in [0.717, 1.165) is 0 Å². The first-order chi connectivity index (χ1) is 14.1. The largest absolute Gasteiger partial charge is 0.481 e. The summed E-state index contributed by atoms with van der Waals surface area (Å²) in [6.45, 7) is 1.79. The highest BCUT2D eigenvalue weighted by Crippen LogP contribution is 2.23. The second kappa shape index (κ2) is 10.4. The van der Waals surface area contributed by atoms with Gasteiger partial charge < -0.3 is 25.4 Å². The minimum Gasteiger partial charge on any atom is -0.481 e. The lowest BCUT2D eigenvalue weighted by Gasteiger charge is -2.27. The molecule has 1 aromatic rings. The van der Waals surface area contributed by atoms with E-state index in [2.05, 4.69) is 10.6 Å². The minimum absolute atomic E-state index is 0.200. The van der Waals surface area contributed by atoms with Crippen molar-refractivity contribution in [3.63, 3.8) is 0 Å². The fraction of sp³-hybridized carbons (Fsp3) is 0.421. The van der Waals surface area contributed by atoms with Gasteiger partial charge in [-0.1, -0.05) is 23.2 Å². The molecule has 9 nitrogen and oxygen atoms in total. The number of nitrogens with one attached hydrogen (secondary N) is 2. The summed E-state index contributed by atoms with van der Waals surface area (Å²) in [6.07, 6.45) is 0.713. The number of rotatable bonds is 8. The van der Waals surface area contributed by atoms with E-state index >= 15 is 0 Å². The topological polar surface area (TPSA) is 133 Å². The van der Waals surface area contributed by atoms with Crippen molar-refractivity contribution in [2.45, 2.75) is 44.3 Å². The fourth-order valence-electron chi connectivity index (χ4n) is 3.13. The molecule has 162 valence electrons. The van der Waals surface area contributed by atoms with Gasteiger partial charge in [-0.2, -0.15) is 0 Å². The SMILES string of the molecule is C[C@H](NC(=O)c1ccc(Cl)c(Cl)c1)C(=O)N1CCCC1C(=O)N[C@H](C=O)CC(=O)O. The molecule has 1 saturated heterocycles. The maximum Gasteiger partial charge on any atom is 0.305 e. The summed E-state index contributed by atoms with van der Waals surface area (Å²) in [5.41, 5.74) is 0.224. The number of halogens is 2. The Labute approximate surface area is 182 Å². The van der Waals surface area contributed by atoms with Crippen LogP contribution in [0.15, 0.2) is 18.2 Å². The molecule has 1 aliphatic heterocycles. The van der Waals surface area contributed by atoms with Crippen LogP contribution in [0.4, 0.5) is 0 Å². The molecule has 3 N–H and O–H groups in total. The number of carboxylic acid groups (broad SMARTS) is 1. The van der Waals surface area contributed by atoms with Crippen molar-refractivity contribution in [1.29, 1.82) is 0 Å². The quantitative estimate of drug-likeness (QED) is 0.503. The highest BCUT2D eigenvalue weighted by Gasteiger charge is 2.37. The molecule has 0 saturated carbocycles. The van der Waals surface area contributed by atoms with Crippen LogP contribution in [-0.4, -0.2) is 64.7 Å². The molecule has 0 spiro atoms. The van der Waals surface area contributed by atoms with E-state index in [4.69, 9.17) is 28.3 Å². The molecular weight excluding hydrogens is 437 g/mol. The predicted octanol–water partition coefficient (Wildman–Crippen LogP) is 1.26. The molecule has 0 aromatic heterocycles. The summed E-state index contributed by atoms with van der Waals surface area (Å²) in [6, 6.07) is 1.35. The maximum absolute atomic E-state index is 12.8. The van der Waals surface area contributed by atoms with E-state index in [-0.39, 0.29) is 10.6 Å². The van der Waals surface area contributed by atoms with Crippen molar-refractivity contribution in [3.05, 3.63) is 33.8 Å². The monoisotopic (exact) mass is 457 g/mol. The molecule has 1 heterocycles. The van der Waals surface area contributed by atoms with Gasteiger partial charge in [-0.3, -0.25) is 19.2 Å². The van der Waals surface area contributed by atoms with Gasteiger partial charge in [-0.05, 0) is 38.0 Å². The summed E-state index contributed by atoms with van der Waals surface area (Å²) >= 11 is 11.7. The molecule has 3 amide bonds. The Morgan fingerprint density at radius 3 is 2.53 bits per heavy atom. The van der Waals surface area contributed by atoms with Gasteiger partial charge in [0.25, 0.3) is 5.91 Å². The minimum atomic E-state index is -1.23. The Balaban J connectivity index is 2.02. The van der Waals surface area contributed by atoms with Crippen LogP contribution in [0.3, 0.4) is 0 Å². The van der Waals surface area contributed by atoms with Crippen LogP contribution in [0.25, 0.3) is 0 Å². The van der Waals surface area contributed by atoms with Crippen molar-refractivity contribution in [2.75, 3.05) is 6.54 Å². The Morgan fingerprint density at radius 1 is 1.23 bits per heavy atom. The molecule has 3 atom stereocenters. The summed E-state index contributed by atoms with van der Waals surface area (Å²) in [4.78, 5) is 60.7. The summed E-state index contributed by atoms with van der Waals surface area (Å²) < 4.78 is 0. The number of carbonyl (C=O) groups excluding carboxylic acids is 4. The first-order valence-corrected chi connectivity index (χ1v) is 9.93. The molecule has 0 aliphatic carbocycles. The Kier molecular flexibility index (Phi) is 8.19. The van der Waals surface area contributed by atoms with Gasteiger partial charge in [-0.15, -0.1) is 0 Å². The van der Waals surface area contributed by atoms with Gasteiger partial charge in [0.1, 0.15) is 18.4 Å². The number of likely N-dealkylation sites (tertiary alicyclic amines) is 1. The second-order valence-corrected chi connectivity index (χ2v) is 7.68. The van der Waals surface area contributed by atoms with Crippen molar-refractivity contribution in [1.82, 2.24) is 15.5 Å². The number of aldehydes is 1. The molecule has 1 fully saturated rings. The standard InChI is InChI=1S/C19H21Cl2N3O6/c1-10(22-17(28)11-4-5-13(20)14(21)7-11)19(30)24-6-2-3-15(24)18(29)23-12(9-25)8-16(26)27/h4-5,7,9-10,12,15H,2-3,6,8H2,1H3,(H,22,28)(H,23,29)(H,26,27)/t10-,12-,15?/m0/s1. The third kappa shape index (κ3) is 5.93. The van der Waals surface area contributed by atoms with Gasteiger partial charge in [0.15, 0.2) is 0 Å². The average molecular weight is 458 g/mol. The highest BCUT2D eigenvalue weighted by atomic mass is 35.5. The van der Waals surface area contributed by atoms with Crippen molar-refractivity contribution >= 4 is 53.2 Å². The molecule has 1 unspecified atom stereocenters. The van der Waals surface area contributed by atoms with Crippen LogP contribution in [-0.2, 0) is 19.2 Å². The van der Waals surface area contributed by atoms with Gasteiger partial charge >= 0.3 is 5.97 Å². The van der Waals surface area contributed by atoms with E-state index in [1.165, 1.54) is 30.0 Å². The van der Waals surface area contributed by atoms with Crippen LogP contribution in [0.2, 0.25) is 10.0 Å². The first-order valence-electron chi connectivity index (χ1n) is 9.18. The number of amides is 3. The first kappa shape index (κ1) is 23.6. The van der Waals surface area contributed by atoms with Crippen LogP contribution in [0.1, 0.15) is 36.5 Å². The second-order valence-electron chi connectivity index (χ2n) is 6.86. The van der Waals surface area contributed by atoms with Gasteiger partial charge in [-0.25, -0.2) is 0 Å². The normalized spacial score (nSPS) is 17.7. The molecule has 0 bridgehead atoms. The number of aliphatic carboxylic acids is 1. The smallest absolute Gasteiger partial charge is 0.305 e. The number of hydrogen-bond donors (Lipinski definition) is 3. The lowest BCUT2D eigenvalue weighted by Crippen LogP contribution is -2.54. The van der Waals surface area contributed by atoms with E-state index < -0.39 is 48.2 Å². The van der Waals surface area contributed by atoms with Crippen molar-refractivity contribution in [2.24, 2.45) is 0 Å². The van der Waals surface area contributed by atoms with Crippen LogP contribution < -0.4 is 10.6 Å². The number of carbonyl (C=O) groups is 5. The van der Waals surface area contributed by atoms with Gasteiger partial charge in [0.2, 0.25) is 11.8 Å². The Morgan fingerprint density at radius 2 is 1.93 bits per heavy atom. The van der Waals surface area contributed by atoms with E-state index in [0.29, 0.717) is 30.7 Å². The summed E-state index contributed by atoms with van der Waals surface area (Å²) in [5.74, 6) is -2.84. The summed E-state index contributed by atoms with van der Waals surface area (Å²) in [7, 11) is 0. The van der Waals surface area contributed by atoms with Gasteiger partial charge in [0.05, 0.1) is 22.5 Å². The van der Waals surface area contributed by atoms with E-state index in [1.807, 2.05) is 0 Å². The fourth-order valence-corrected chi connectivity index (χ4v) is 3.43. The maximum atomic E-state index is 12.8. The number of carboxylic acids is 1. The molecule has 1 aromatic carbocycles.